The smallest absolute Gasteiger partial charge is 0.159 e. The van der Waals surface area contributed by atoms with Gasteiger partial charge in [0.15, 0.2) is 5.78 Å². The first kappa shape index (κ1) is 12.6. The molecule has 0 unspecified atom stereocenters. The van der Waals surface area contributed by atoms with E-state index in [1.165, 1.54) is 5.56 Å². The molecule has 0 amide bonds. The molecule has 2 nitrogen and oxygen atoms in total. The van der Waals surface area contributed by atoms with Gasteiger partial charge in [-0.2, -0.15) is 0 Å². The fraction of sp³-hybridized carbons (Fsp3) is 0.312. The number of ketones is 1. The molecular weight excluding hydrogens is 224 g/mol. The fourth-order valence-electron chi connectivity index (χ4n) is 1.92. The molecule has 0 N–H and O–H groups in total. The van der Waals surface area contributed by atoms with Crippen LogP contribution in [0.2, 0.25) is 0 Å². The molecule has 0 heterocycles. The van der Waals surface area contributed by atoms with Crippen LogP contribution >= 0.6 is 0 Å². The van der Waals surface area contributed by atoms with Crippen molar-refractivity contribution in [3.8, 4) is 0 Å². The summed E-state index contributed by atoms with van der Waals surface area (Å²) in [6.45, 7) is 0.641. The monoisotopic (exact) mass is 242 g/mol. The van der Waals surface area contributed by atoms with Gasteiger partial charge >= 0.3 is 0 Å². The molecule has 1 aliphatic rings. The van der Waals surface area contributed by atoms with Crippen molar-refractivity contribution in [3.05, 3.63) is 53.8 Å². The van der Waals surface area contributed by atoms with Crippen LogP contribution in [-0.4, -0.2) is 12.4 Å². The van der Waals surface area contributed by atoms with Crippen LogP contribution in [-0.2, 0) is 9.53 Å². The zero-order valence-electron chi connectivity index (χ0n) is 10.5. The quantitative estimate of drug-likeness (QED) is 0.735. The second-order valence-corrected chi connectivity index (χ2v) is 4.38. The van der Waals surface area contributed by atoms with Crippen LogP contribution in [0.1, 0.15) is 31.2 Å². The first-order valence-electron chi connectivity index (χ1n) is 6.42. The zero-order valence-corrected chi connectivity index (χ0v) is 10.5. The lowest BCUT2D eigenvalue weighted by Gasteiger charge is -2.12. The third-order valence-electron chi connectivity index (χ3n) is 2.85. The Morgan fingerprint density at radius 3 is 2.78 bits per heavy atom. The molecule has 0 saturated heterocycles. The predicted octanol–water partition coefficient (Wildman–Crippen LogP) is 3.74. The molecule has 0 atom stereocenters. The van der Waals surface area contributed by atoms with Gasteiger partial charge in [-0.15, -0.1) is 0 Å². The zero-order chi connectivity index (χ0) is 12.6. The number of carbonyl (C=O) groups is 1. The van der Waals surface area contributed by atoms with Crippen LogP contribution < -0.4 is 0 Å². The average molecular weight is 242 g/mol. The highest BCUT2D eigenvalue weighted by atomic mass is 16.5. The van der Waals surface area contributed by atoms with Gasteiger partial charge in [-0.05, 0) is 18.4 Å². The van der Waals surface area contributed by atoms with Crippen molar-refractivity contribution in [1.82, 2.24) is 0 Å². The molecule has 0 aromatic heterocycles. The Morgan fingerprint density at radius 1 is 1.17 bits per heavy atom. The summed E-state index contributed by atoms with van der Waals surface area (Å²) in [7, 11) is 0. The molecule has 0 radical (unpaired) electrons. The first-order valence-corrected chi connectivity index (χ1v) is 6.42. The summed E-state index contributed by atoms with van der Waals surface area (Å²) in [5, 5.41) is 0. The number of benzene rings is 1. The van der Waals surface area contributed by atoms with E-state index in [4.69, 9.17) is 4.74 Å². The number of ether oxygens (including phenoxy) is 1. The van der Waals surface area contributed by atoms with Crippen molar-refractivity contribution < 1.29 is 9.53 Å². The highest BCUT2D eigenvalue weighted by molar-refractivity contribution is 5.90. The van der Waals surface area contributed by atoms with E-state index in [0.717, 1.165) is 25.0 Å². The molecule has 0 bridgehead atoms. The van der Waals surface area contributed by atoms with Crippen molar-refractivity contribution in [2.45, 2.75) is 25.7 Å². The Labute approximate surface area is 108 Å². The van der Waals surface area contributed by atoms with Crippen molar-refractivity contribution in [1.29, 1.82) is 0 Å². The Balaban J connectivity index is 1.70. The second-order valence-electron chi connectivity index (χ2n) is 4.38. The van der Waals surface area contributed by atoms with Gasteiger partial charge < -0.3 is 4.74 Å². The fourth-order valence-corrected chi connectivity index (χ4v) is 1.92. The van der Waals surface area contributed by atoms with Gasteiger partial charge in [0, 0.05) is 18.9 Å². The van der Waals surface area contributed by atoms with E-state index >= 15 is 0 Å². The summed E-state index contributed by atoms with van der Waals surface area (Å²) in [6, 6.07) is 10.2. The summed E-state index contributed by atoms with van der Waals surface area (Å²) in [4.78, 5) is 11.2. The van der Waals surface area contributed by atoms with Gasteiger partial charge in [0.1, 0.15) is 0 Å². The van der Waals surface area contributed by atoms with E-state index in [1.54, 1.807) is 6.08 Å². The van der Waals surface area contributed by atoms with Crippen LogP contribution in [0, 0.1) is 0 Å². The number of rotatable bonds is 5. The summed E-state index contributed by atoms with van der Waals surface area (Å²) in [5.74, 6) is 1.04. The van der Waals surface area contributed by atoms with Crippen LogP contribution in [0.3, 0.4) is 0 Å². The predicted molar refractivity (Wildman–Crippen MR) is 73.0 cm³/mol. The minimum Gasteiger partial charge on any atom is -0.497 e. The Morgan fingerprint density at radius 2 is 2.00 bits per heavy atom. The minimum absolute atomic E-state index is 0.191. The Bertz CT molecular complexity index is 443. The highest BCUT2D eigenvalue weighted by Gasteiger charge is 2.09. The van der Waals surface area contributed by atoms with E-state index in [1.807, 2.05) is 18.2 Å². The van der Waals surface area contributed by atoms with E-state index in [2.05, 4.69) is 24.3 Å². The van der Waals surface area contributed by atoms with Crippen LogP contribution in [0.5, 0.6) is 0 Å². The van der Waals surface area contributed by atoms with Crippen LogP contribution in [0.4, 0.5) is 0 Å². The maximum atomic E-state index is 11.2. The largest absolute Gasteiger partial charge is 0.497 e. The van der Waals surface area contributed by atoms with Gasteiger partial charge in [-0.25, -0.2) is 0 Å². The number of hydrogen-bond donors (Lipinski definition) is 0. The lowest BCUT2D eigenvalue weighted by Crippen LogP contribution is -2.05. The van der Waals surface area contributed by atoms with Crippen molar-refractivity contribution in [2.75, 3.05) is 6.61 Å². The molecule has 1 aliphatic carbocycles. The van der Waals surface area contributed by atoms with Gasteiger partial charge in [-0.1, -0.05) is 42.5 Å². The summed E-state index contributed by atoms with van der Waals surface area (Å²) >= 11 is 0. The number of hydrogen-bond acceptors (Lipinski definition) is 2. The van der Waals surface area contributed by atoms with E-state index in [9.17, 15) is 4.79 Å². The number of allylic oxidation sites excluding steroid dienone is 2. The topological polar surface area (TPSA) is 26.3 Å². The van der Waals surface area contributed by atoms with Crippen molar-refractivity contribution in [3.63, 3.8) is 0 Å². The van der Waals surface area contributed by atoms with Crippen LogP contribution in [0.15, 0.2) is 48.2 Å². The average Bonchev–Trinajstić information content (AvgIpc) is 2.40. The summed E-state index contributed by atoms with van der Waals surface area (Å²) in [5.41, 5.74) is 1.20. The second kappa shape index (κ2) is 6.80. The molecule has 0 saturated carbocycles. The lowest BCUT2D eigenvalue weighted by atomic mass is 10.1. The van der Waals surface area contributed by atoms with Crippen molar-refractivity contribution in [2.24, 2.45) is 0 Å². The van der Waals surface area contributed by atoms with Crippen LogP contribution in [0.25, 0.3) is 6.08 Å². The molecule has 0 fully saturated rings. The van der Waals surface area contributed by atoms with Gasteiger partial charge in [0.05, 0.1) is 12.4 Å². The molecule has 1 aromatic carbocycles. The molecule has 2 rings (SSSR count). The van der Waals surface area contributed by atoms with E-state index < -0.39 is 0 Å². The third-order valence-corrected chi connectivity index (χ3v) is 2.85. The van der Waals surface area contributed by atoms with E-state index in [0.29, 0.717) is 13.0 Å². The highest BCUT2D eigenvalue weighted by Crippen LogP contribution is 2.16. The molecule has 0 spiro atoms. The molecule has 18 heavy (non-hydrogen) atoms. The minimum atomic E-state index is 0.191. The van der Waals surface area contributed by atoms with Gasteiger partial charge in [0.2, 0.25) is 0 Å². The third kappa shape index (κ3) is 4.21. The summed E-state index contributed by atoms with van der Waals surface area (Å²) < 4.78 is 5.58. The molecule has 0 aliphatic heterocycles. The first-order chi connectivity index (χ1) is 8.84. The Kier molecular flexibility index (Phi) is 4.77. The molecule has 94 valence electrons. The molecule has 1 aromatic rings. The molecule has 2 heteroatoms. The number of carbonyl (C=O) groups excluding carboxylic acids is 1. The van der Waals surface area contributed by atoms with E-state index in [-0.39, 0.29) is 5.78 Å². The van der Waals surface area contributed by atoms with Gasteiger partial charge in [-0.3, -0.25) is 4.79 Å². The standard InChI is InChI=1S/C16H18O2/c17-15-10-6-11-16(13-15)18-12-5-4-9-14-7-2-1-3-8-14/h1-4,7-9,13H,5-6,10-12H2/b9-4+. The normalized spacial score (nSPS) is 15.8. The van der Waals surface area contributed by atoms with Crippen molar-refractivity contribution >= 4 is 11.9 Å². The summed E-state index contributed by atoms with van der Waals surface area (Å²) in [6.07, 6.45) is 9.18. The Hall–Kier alpha value is -1.83. The van der Waals surface area contributed by atoms with Gasteiger partial charge in [0.25, 0.3) is 0 Å². The SMILES string of the molecule is O=C1C=C(OCC/C=C/c2ccccc2)CCC1. The maximum Gasteiger partial charge on any atom is 0.159 e. The lowest BCUT2D eigenvalue weighted by molar-refractivity contribution is -0.115. The maximum absolute atomic E-state index is 11.2. The molecular formula is C16H18O2.